The van der Waals surface area contributed by atoms with Gasteiger partial charge in [-0.05, 0) is 18.8 Å². The summed E-state index contributed by atoms with van der Waals surface area (Å²) in [5, 5.41) is 12.1. The Kier molecular flexibility index (Phi) is 5.05. The van der Waals surface area contributed by atoms with Gasteiger partial charge >= 0.3 is 5.97 Å². The molecule has 0 aromatic rings. The van der Waals surface area contributed by atoms with E-state index in [1.54, 1.807) is 0 Å². The molecule has 1 aliphatic rings. The summed E-state index contributed by atoms with van der Waals surface area (Å²) in [4.78, 5) is 11.0. The Labute approximate surface area is 91.0 Å². The average Bonchev–Trinajstić information content (AvgIpc) is 2.70. The third kappa shape index (κ3) is 3.80. The number of ether oxygens (including phenoxy) is 1. The first-order valence-corrected chi connectivity index (χ1v) is 5.73. The van der Waals surface area contributed by atoms with Crippen LogP contribution in [-0.2, 0) is 9.53 Å². The summed E-state index contributed by atoms with van der Waals surface area (Å²) < 4.78 is 5.44. The lowest BCUT2D eigenvalue weighted by Gasteiger charge is -2.21. The fourth-order valence-corrected chi connectivity index (χ4v) is 1.83. The van der Waals surface area contributed by atoms with Crippen molar-refractivity contribution in [3.05, 3.63) is 0 Å². The molecule has 0 aliphatic carbocycles. The number of nitrogens with one attached hydrogen (secondary N) is 1. The quantitative estimate of drug-likeness (QED) is 0.700. The molecular formula is C11H21NO3. The maximum Gasteiger partial charge on any atom is 0.320 e. The first-order chi connectivity index (χ1) is 7.15. The van der Waals surface area contributed by atoms with Gasteiger partial charge in [-0.1, -0.05) is 20.3 Å². The Balaban J connectivity index is 2.33. The molecule has 3 atom stereocenters. The predicted octanol–water partition coefficient (Wildman–Crippen LogP) is 1.25. The van der Waals surface area contributed by atoms with Crippen LogP contribution in [0, 0.1) is 5.92 Å². The minimum Gasteiger partial charge on any atom is -0.480 e. The van der Waals surface area contributed by atoms with Crippen LogP contribution >= 0.6 is 0 Å². The van der Waals surface area contributed by atoms with Crippen molar-refractivity contribution < 1.29 is 14.6 Å². The molecule has 0 aromatic heterocycles. The second kappa shape index (κ2) is 6.08. The zero-order valence-electron chi connectivity index (χ0n) is 9.53. The van der Waals surface area contributed by atoms with Gasteiger partial charge < -0.3 is 15.2 Å². The van der Waals surface area contributed by atoms with Crippen LogP contribution in [0.25, 0.3) is 0 Å². The van der Waals surface area contributed by atoms with Gasteiger partial charge in [0.1, 0.15) is 6.04 Å². The highest BCUT2D eigenvalue weighted by atomic mass is 16.5. The van der Waals surface area contributed by atoms with Crippen molar-refractivity contribution in [3.63, 3.8) is 0 Å². The predicted molar refractivity (Wildman–Crippen MR) is 57.9 cm³/mol. The molecular weight excluding hydrogens is 194 g/mol. The lowest BCUT2D eigenvalue weighted by Crippen LogP contribution is -2.44. The van der Waals surface area contributed by atoms with Crippen LogP contribution in [0.4, 0.5) is 0 Å². The van der Waals surface area contributed by atoms with E-state index in [0.29, 0.717) is 6.54 Å². The van der Waals surface area contributed by atoms with E-state index in [1.807, 2.05) is 13.8 Å². The second-order valence-electron chi connectivity index (χ2n) is 4.24. The summed E-state index contributed by atoms with van der Waals surface area (Å²) in [5.41, 5.74) is 0. The Bertz CT molecular complexity index is 202. The van der Waals surface area contributed by atoms with E-state index in [9.17, 15) is 4.79 Å². The van der Waals surface area contributed by atoms with Gasteiger partial charge in [-0.15, -0.1) is 0 Å². The second-order valence-corrected chi connectivity index (χ2v) is 4.24. The average molecular weight is 215 g/mol. The summed E-state index contributed by atoms with van der Waals surface area (Å²) in [6.45, 7) is 5.43. The molecule has 0 saturated carbocycles. The van der Waals surface area contributed by atoms with Crippen LogP contribution < -0.4 is 5.32 Å². The standard InChI is InChI=1S/C11H21NO3/c1-3-8(2)10(11(13)14)12-7-9-5-4-6-15-9/h8-10,12H,3-7H2,1-2H3,(H,13,14). The largest absolute Gasteiger partial charge is 0.480 e. The topological polar surface area (TPSA) is 58.6 Å². The molecule has 1 heterocycles. The number of hydrogen-bond acceptors (Lipinski definition) is 3. The smallest absolute Gasteiger partial charge is 0.320 e. The Hall–Kier alpha value is -0.610. The number of rotatable bonds is 6. The first kappa shape index (κ1) is 12.5. The molecule has 1 aliphatic heterocycles. The fourth-order valence-electron chi connectivity index (χ4n) is 1.83. The Morgan fingerprint density at radius 2 is 2.40 bits per heavy atom. The zero-order chi connectivity index (χ0) is 11.3. The molecule has 1 fully saturated rings. The molecule has 1 saturated heterocycles. The van der Waals surface area contributed by atoms with E-state index in [0.717, 1.165) is 25.9 Å². The van der Waals surface area contributed by atoms with Crippen molar-refractivity contribution in [2.45, 2.75) is 45.3 Å². The number of aliphatic carboxylic acids is 1. The lowest BCUT2D eigenvalue weighted by atomic mass is 9.99. The number of carbonyl (C=O) groups is 1. The summed E-state index contributed by atoms with van der Waals surface area (Å²) >= 11 is 0. The SMILES string of the molecule is CCC(C)C(NCC1CCCO1)C(=O)O. The maximum absolute atomic E-state index is 11.0. The van der Waals surface area contributed by atoms with Crippen molar-refractivity contribution in [1.29, 1.82) is 0 Å². The van der Waals surface area contributed by atoms with Crippen LogP contribution in [0.2, 0.25) is 0 Å². The molecule has 0 amide bonds. The van der Waals surface area contributed by atoms with Crippen molar-refractivity contribution in [1.82, 2.24) is 5.32 Å². The normalized spacial score (nSPS) is 25.1. The maximum atomic E-state index is 11.0. The minimum absolute atomic E-state index is 0.156. The van der Waals surface area contributed by atoms with E-state index >= 15 is 0 Å². The van der Waals surface area contributed by atoms with Gasteiger partial charge in [-0.25, -0.2) is 0 Å². The first-order valence-electron chi connectivity index (χ1n) is 5.73. The lowest BCUT2D eigenvalue weighted by molar-refractivity contribution is -0.141. The summed E-state index contributed by atoms with van der Waals surface area (Å²) in [6.07, 6.45) is 3.21. The molecule has 1 rings (SSSR count). The van der Waals surface area contributed by atoms with Gasteiger partial charge in [0.25, 0.3) is 0 Å². The highest BCUT2D eigenvalue weighted by Crippen LogP contribution is 2.13. The van der Waals surface area contributed by atoms with Gasteiger partial charge in [-0.3, -0.25) is 4.79 Å². The Morgan fingerprint density at radius 3 is 2.87 bits per heavy atom. The zero-order valence-corrected chi connectivity index (χ0v) is 9.53. The third-order valence-corrected chi connectivity index (χ3v) is 3.07. The fraction of sp³-hybridized carbons (Fsp3) is 0.909. The molecule has 0 aromatic carbocycles. The minimum atomic E-state index is -0.762. The summed E-state index contributed by atoms with van der Waals surface area (Å²) in [5.74, 6) is -0.605. The van der Waals surface area contributed by atoms with Crippen molar-refractivity contribution in [2.24, 2.45) is 5.92 Å². The number of carboxylic acid groups (broad SMARTS) is 1. The van der Waals surface area contributed by atoms with Gasteiger partial charge in [0.15, 0.2) is 0 Å². The van der Waals surface area contributed by atoms with Crippen molar-refractivity contribution in [2.75, 3.05) is 13.2 Å². The highest BCUT2D eigenvalue weighted by Gasteiger charge is 2.25. The van der Waals surface area contributed by atoms with E-state index in [4.69, 9.17) is 9.84 Å². The van der Waals surface area contributed by atoms with Crippen LogP contribution in [0.5, 0.6) is 0 Å². The van der Waals surface area contributed by atoms with E-state index in [1.165, 1.54) is 0 Å². The van der Waals surface area contributed by atoms with Crippen molar-refractivity contribution in [3.8, 4) is 0 Å². The molecule has 4 heteroatoms. The van der Waals surface area contributed by atoms with Gasteiger partial charge in [0.2, 0.25) is 0 Å². The van der Waals surface area contributed by atoms with E-state index in [-0.39, 0.29) is 12.0 Å². The monoisotopic (exact) mass is 215 g/mol. The Morgan fingerprint density at radius 1 is 1.67 bits per heavy atom. The summed E-state index contributed by atoms with van der Waals surface area (Å²) in [7, 11) is 0. The molecule has 0 bridgehead atoms. The molecule has 15 heavy (non-hydrogen) atoms. The van der Waals surface area contributed by atoms with Crippen LogP contribution in [0.15, 0.2) is 0 Å². The van der Waals surface area contributed by atoms with Gasteiger partial charge in [-0.2, -0.15) is 0 Å². The van der Waals surface area contributed by atoms with Crippen LogP contribution in [-0.4, -0.2) is 36.4 Å². The number of hydrogen-bond donors (Lipinski definition) is 2. The molecule has 4 nitrogen and oxygen atoms in total. The number of carboxylic acids is 1. The molecule has 3 unspecified atom stereocenters. The molecule has 88 valence electrons. The molecule has 0 radical (unpaired) electrons. The molecule has 2 N–H and O–H groups in total. The van der Waals surface area contributed by atoms with Crippen molar-refractivity contribution >= 4 is 5.97 Å². The van der Waals surface area contributed by atoms with Crippen LogP contribution in [0.3, 0.4) is 0 Å². The third-order valence-electron chi connectivity index (χ3n) is 3.07. The highest BCUT2D eigenvalue weighted by molar-refractivity contribution is 5.73. The van der Waals surface area contributed by atoms with Crippen LogP contribution in [0.1, 0.15) is 33.1 Å². The molecule has 0 spiro atoms. The summed E-state index contributed by atoms with van der Waals surface area (Å²) in [6, 6.07) is -0.445. The van der Waals surface area contributed by atoms with Gasteiger partial charge in [0, 0.05) is 13.2 Å². The van der Waals surface area contributed by atoms with Gasteiger partial charge in [0.05, 0.1) is 6.10 Å². The van der Waals surface area contributed by atoms with E-state index in [2.05, 4.69) is 5.32 Å². The van der Waals surface area contributed by atoms with E-state index < -0.39 is 12.0 Å².